The Hall–Kier alpha value is -1.24. The summed E-state index contributed by atoms with van der Waals surface area (Å²) in [6.07, 6.45) is 0.780. The highest BCUT2D eigenvalue weighted by Crippen LogP contribution is 2.19. The highest BCUT2D eigenvalue weighted by Gasteiger charge is 2.17. The number of aliphatic hydroxyl groups excluding tert-OH is 1. The van der Waals surface area contributed by atoms with Crippen LogP contribution in [0.5, 0.6) is 5.75 Å². The van der Waals surface area contributed by atoms with Crippen molar-refractivity contribution >= 4 is 0 Å². The van der Waals surface area contributed by atoms with Crippen LogP contribution in [0.1, 0.15) is 12.8 Å². The molecule has 0 bridgehead atoms. The van der Waals surface area contributed by atoms with Crippen LogP contribution in [-0.4, -0.2) is 43.7 Å². The Labute approximate surface area is 116 Å². The number of benzene rings is 1. The number of aliphatic hydroxyl groups is 1. The van der Waals surface area contributed by atoms with Gasteiger partial charge < -0.3 is 19.3 Å². The van der Waals surface area contributed by atoms with Gasteiger partial charge >= 0.3 is 0 Å². The predicted octanol–water partition coefficient (Wildman–Crippen LogP) is 1.90. The molecule has 1 N–H and O–H groups in total. The lowest BCUT2D eigenvalue weighted by Gasteiger charge is -2.23. The standard InChI is InChI=1S/C14H18F2O4/c15-12-2-1-3-13(14(12)16)20-9-10(17)8-19-11-4-6-18-7-5-11/h1-3,10-11,17H,4-9H2. The van der Waals surface area contributed by atoms with E-state index in [1.807, 2.05) is 0 Å². The van der Waals surface area contributed by atoms with Crippen LogP contribution in [0.2, 0.25) is 0 Å². The molecule has 1 aliphatic rings. The van der Waals surface area contributed by atoms with E-state index in [1.165, 1.54) is 12.1 Å². The minimum Gasteiger partial charge on any atom is -0.488 e. The van der Waals surface area contributed by atoms with E-state index < -0.39 is 17.7 Å². The van der Waals surface area contributed by atoms with Crippen LogP contribution in [0.4, 0.5) is 8.78 Å². The van der Waals surface area contributed by atoms with Crippen molar-refractivity contribution in [3.63, 3.8) is 0 Å². The number of ether oxygens (including phenoxy) is 3. The molecular formula is C14H18F2O4. The van der Waals surface area contributed by atoms with Crippen LogP contribution in [0.3, 0.4) is 0 Å². The van der Waals surface area contributed by atoms with Crippen molar-refractivity contribution in [1.29, 1.82) is 0 Å². The van der Waals surface area contributed by atoms with E-state index in [9.17, 15) is 13.9 Å². The Balaban J connectivity index is 1.71. The molecule has 1 heterocycles. The Morgan fingerprint density at radius 2 is 2.00 bits per heavy atom. The van der Waals surface area contributed by atoms with Gasteiger partial charge in [-0.1, -0.05) is 6.07 Å². The van der Waals surface area contributed by atoms with Crippen LogP contribution < -0.4 is 4.74 Å². The van der Waals surface area contributed by atoms with Gasteiger partial charge in [0.1, 0.15) is 12.7 Å². The molecule has 0 spiro atoms. The molecule has 1 aliphatic heterocycles. The lowest BCUT2D eigenvalue weighted by atomic mass is 10.1. The molecule has 0 aromatic heterocycles. The lowest BCUT2D eigenvalue weighted by Crippen LogP contribution is -2.30. The van der Waals surface area contributed by atoms with E-state index in [1.54, 1.807) is 0 Å². The molecule has 0 aliphatic carbocycles. The second kappa shape index (κ2) is 7.52. The molecule has 1 saturated heterocycles. The van der Waals surface area contributed by atoms with Gasteiger partial charge in [0.05, 0.1) is 12.7 Å². The Bertz CT molecular complexity index is 422. The Morgan fingerprint density at radius 3 is 2.75 bits per heavy atom. The van der Waals surface area contributed by atoms with Crippen molar-refractivity contribution in [3.8, 4) is 5.75 Å². The summed E-state index contributed by atoms with van der Waals surface area (Å²) in [6.45, 7) is 1.27. The zero-order valence-corrected chi connectivity index (χ0v) is 11.1. The van der Waals surface area contributed by atoms with E-state index in [-0.39, 0.29) is 25.1 Å². The zero-order valence-electron chi connectivity index (χ0n) is 11.1. The summed E-state index contributed by atoms with van der Waals surface area (Å²) >= 11 is 0. The van der Waals surface area contributed by atoms with Crippen LogP contribution in [0.15, 0.2) is 18.2 Å². The maximum atomic E-state index is 13.3. The monoisotopic (exact) mass is 288 g/mol. The van der Waals surface area contributed by atoms with E-state index in [2.05, 4.69) is 0 Å². The number of halogens is 2. The molecule has 6 heteroatoms. The molecule has 4 nitrogen and oxygen atoms in total. The third-order valence-electron chi connectivity index (χ3n) is 3.04. The van der Waals surface area contributed by atoms with Crippen molar-refractivity contribution in [2.24, 2.45) is 0 Å². The smallest absolute Gasteiger partial charge is 0.200 e. The zero-order chi connectivity index (χ0) is 14.4. The van der Waals surface area contributed by atoms with Crippen molar-refractivity contribution in [2.75, 3.05) is 26.4 Å². The van der Waals surface area contributed by atoms with Gasteiger partial charge in [-0.05, 0) is 25.0 Å². The minimum atomic E-state index is -1.05. The number of hydrogen-bond acceptors (Lipinski definition) is 4. The first kappa shape index (κ1) is 15.2. The summed E-state index contributed by atoms with van der Waals surface area (Å²) in [5.41, 5.74) is 0. The lowest BCUT2D eigenvalue weighted by molar-refractivity contribution is -0.0661. The molecule has 1 aromatic rings. The van der Waals surface area contributed by atoms with Gasteiger partial charge in [-0.15, -0.1) is 0 Å². The summed E-state index contributed by atoms with van der Waals surface area (Å²) in [7, 11) is 0. The number of hydrogen-bond donors (Lipinski definition) is 1. The van der Waals surface area contributed by atoms with E-state index in [4.69, 9.17) is 14.2 Å². The van der Waals surface area contributed by atoms with Crippen molar-refractivity contribution in [1.82, 2.24) is 0 Å². The third-order valence-corrected chi connectivity index (χ3v) is 3.04. The summed E-state index contributed by atoms with van der Waals surface area (Å²) in [5, 5.41) is 9.70. The SMILES string of the molecule is OC(COc1cccc(F)c1F)COC1CCOCC1. The number of rotatable bonds is 6. The topological polar surface area (TPSA) is 47.9 Å². The molecule has 0 saturated carbocycles. The fourth-order valence-electron chi connectivity index (χ4n) is 1.92. The highest BCUT2D eigenvalue weighted by molar-refractivity contribution is 5.25. The van der Waals surface area contributed by atoms with E-state index in [0.717, 1.165) is 18.9 Å². The van der Waals surface area contributed by atoms with Gasteiger partial charge in [-0.3, -0.25) is 0 Å². The largest absolute Gasteiger partial charge is 0.488 e. The average molecular weight is 288 g/mol. The van der Waals surface area contributed by atoms with Gasteiger partial charge in [0.25, 0.3) is 0 Å². The minimum absolute atomic E-state index is 0.0734. The first-order chi connectivity index (χ1) is 9.66. The second-order valence-electron chi connectivity index (χ2n) is 4.66. The molecule has 1 aromatic carbocycles. The summed E-state index contributed by atoms with van der Waals surface area (Å²) in [4.78, 5) is 0. The van der Waals surface area contributed by atoms with Crippen LogP contribution in [0.25, 0.3) is 0 Å². The molecule has 1 fully saturated rings. The van der Waals surface area contributed by atoms with Crippen molar-refractivity contribution in [3.05, 3.63) is 29.8 Å². The van der Waals surface area contributed by atoms with Gasteiger partial charge in [0.2, 0.25) is 5.82 Å². The maximum Gasteiger partial charge on any atom is 0.200 e. The summed E-state index contributed by atoms with van der Waals surface area (Å²) < 4.78 is 42.0. The second-order valence-corrected chi connectivity index (χ2v) is 4.66. The average Bonchev–Trinajstić information content (AvgIpc) is 2.48. The first-order valence-electron chi connectivity index (χ1n) is 6.61. The molecule has 0 amide bonds. The molecule has 20 heavy (non-hydrogen) atoms. The van der Waals surface area contributed by atoms with Crippen molar-refractivity contribution < 1.29 is 28.1 Å². The van der Waals surface area contributed by atoms with Crippen LogP contribution >= 0.6 is 0 Å². The Morgan fingerprint density at radius 1 is 1.25 bits per heavy atom. The van der Waals surface area contributed by atoms with E-state index >= 15 is 0 Å². The van der Waals surface area contributed by atoms with Gasteiger partial charge in [-0.25, -0.2) is 4.39 Å². The van der Waals surface area contributed by atoms with Gasteiger partial charge in [-0.2, -0.15) is 4.39 Å². The van der Waals surface area contributed by atoms with Crippen molar-refractivity contribution in [2.45, 2.75) is 25.0 Å². The highest BCUT2D eigenvalue weighted by atomic mass is 19.2. The first-order valence-corrected chi connectivity index (χ1v) is 6.61. The summed E-state index contributed by atoms with van der Waals surface area (Å²) in [5.74, 6) is -2.24. The molecular weight excluding hydrogens is 270 g/mol. The molecule has 112 valence electrons. The molecule has 2 rings (SSSR count). The summed E-state index contributed by atoms with van der Waals surface area (Å²) in [6, 6.07) is 3.66. The Kier molecular flexibility index (Phi) is 5.70. The van der Waals surface area contributed by atoms with E-state index in [0.29, 0.717) is 13.2 Å². The van der Waals surface area contributed by atoms with Crippen LogP contribution in [0, 0.1) is 11.6 Å². The maximum absolute atomic E-state index is 13.3. The third kappa shape index (κ3) is 4.40. The quantitative estimate of drug-likeness (QED) is 0.868. The van der Waals surface area contributed by atoms with Gasteiger partial charge in [0, 0.05) is 13.2 Å². The predicted molar refractivity (Wildman–Crippen MR) is 67.7 cm³/mol. The fraction of sp³-hybridized carbons (Fsp3) is 0.571. The van der Waals surface area contributed by atoms with Crippen LogP contribution in [-0.2, 0) is 9.47 Å². The molecule has 1 atom stereocenters. The normalized spacial score (nSPS) is 17.9. The fourth-order valence-corrected chi connectivity index (χ4v) is 1.92. The molecule has 0 radical (unpaired) electrons. The van der Waals surface area contributed by atoms with Gasteiger partial charge in [0.15, 0.2) is 11.6 Å². The molecule has 1 unspecified atom stereocenters.